The average Bonchev–Trinajstić information content (AvgIpc) is 2.86. The molecule has 3 heterocycles. The Kier molecular flexibility index (Phi) is 2.92. The predicted molar refractivity (Wildman–Crippen MR) is 66.5 cm³/mol. The zero-order valence-corrected chi connectivity index (χ0v) is 10.1. The van der Waals surface area contributed by atoms with Crippen molar-refractivity contribution in [3.05, 3.63) is 17.8 Å². The molecule has 0 saturated carbocycles. The van der Waals surface area contributed by atoms with Crippen molar-refractivity contribution >= 4 is 27.4 Å². The fraction of sp³-hybridized carbons (Fsp3) is 0.455. The van der Waals surface area contributed by atoms with Gasteiger partial charge in [-0.15, -0.1) is 11.3 Å². The van der Waals surface area contributed by atoms with Crippen LogP contribution in [-0.4, -0.2) is 47.5 Å². The third-order valence-electron chi connectivity index (χ3n) is 2.95. The first kappa shape index (κ1) is 10.9. The fourth-order valence-electron chi connectivity index (χ4n) is 2.09. The molecule has 0 amide bonds. The van der Waals surface area contributed by atoms with Gasteiger partial charge in [-0.25, -0.2) is 9.97 Å². The molecule has 90 valence electrons. The molecule has 1 aliphatic heterocycles. The van der Waals surface area contributed by atoms with E-state index in [1.807, 2.05) is 11.4 Å². The number of aliphatic hydroxyl groups is 1. The maximum absolute atomic E-state index is 9.38. The van der Waals surface area contributed by atoms with Crippen LogP contribution in [0.5, 0.6) is 0 Å². The summed E-state index contributed by atoms with van der Waals surface area (Å²) in [7, 11) is 0. The van der Waals surface area contributed by atoms with Gasteiger partial charge in [-0.3, -0.25) is 0 Å². The highest BCUT2D eigenvalue weighted by molar-refractivity contribution is 7.16. The number of anilines is 1. The van der Waals surface area contributed by atoms with Gasteiger partial charge in [0.25, 0.3) is 0 Å². The van der Waals surface area contributed by atoms with E-state index in [0.717, 1.165) is 22.6 Å². The molecular weight excluding hydrogens is 238 g/mol. The summed E-state index contributed by atoms with van der Waals surface area (Å²) in [6, 6.07) is 2.01. The second-order valence-corrected chi connectivity index (χ2v) is 4.84. The lowest BCUT2D eigenvalue weighted by atomic mass is 10.2. The highest BCUT2D eigenvalue weighted by Gasteiger charge is 2.25. The van der Waals surface area contributed by atoms with Crippen molar-refractivity contribution in [1.82, 2.24) is 9.97 Å². The number of aromatic nitrogens is 2. The Morgan fingerprint density at radius 1 is 1.53 bits per heavy atom. The van der Waals surface area contributed by atoms with Crippen LogP contribution in [0.1, 0.15) is 0 Å². The van der Waals surface area contributed by atoms with Crippen LogP contribution < -0.4 is 4.90 Å². The minimum absolute atomic E-state index is 0.0123. The van der Waals surface area contributed by atoms with Gasteiger partial charge in [0.05, 0.1) is 31.2 Å². The van der Waals surface area contributed by atoms with Gasteiger partial charge in [0.15, 0.2) is 0 Å². The van der Waals surface area contributed by atoms with Crippen LogP contribution >= 0.6 is 11.3 Å². The van der Waals surface area contributed by atoms with Gasteiger partial charge < -0.3 is 14.7 Å². The molecule has 6 heteroatoms. The Labute approximate surface area is 103 Å². The van der Waals surface area contributed by atoms with Gasteiger partial charge in [0.1, 0.15) is 17.0 Å². The number of aliphatic hydroxyl groups excluding tert-OH is 1. The molecule has 1 aliphatic rings. The Hall–Kier alpha value is -1.24. The SMILES string of the molecule is OCC1COCCN1c1ncnc2sccc12. The molecule has 1 unspecified atom stereocenters. The minimum Gasteiger partial charge on any atom is -0.394 e. The van der Waals surface area contributed by atoms with Crippen LogP contribution in [0.3, 0.4) is 0 Å². The van der Waals surface area contributed by atoms with Crippen LogP contribution in [0, 0.1) is 0 Å². The van der Waals surface area contributed by atoms with Crippen molar-refractivity contribution in [2.45, 2.75) is 6.04 Å². The van der Waals surface area contributed by atoms with Gasteiger partial charge in [-0.2, -0.15) is 0 Å². The van der Waals surface area contributed by atoms with Crippen molar-refractivity contribution in [2.24, 2.45) is 0 Å². The molecule has 1 fully saturated rings. The van der Waals surface area contributed by atoms with Gasteiger partial charge in [0.2, 0.25) is 0 Å². The van der Waals surface area contributed by atoms with Crippen LogP contribution in [0.4, 0.5) is 5.82 Å². The van der Waals surface area contributed by atoms with E-state index in [9.17, 15) is 5.11 Å². The number of hydrogen-bond donors (Lipinski definition) is 1. The standard InChI is InChI=1S/C11H13N3O2S/c15-5-8-6-16-3-2-14(8)10-9-1-4-17-11(9)13-7-12-10/h1,4,7-8,15H,2-3,5-6H2. The van der Waals surface area contributed by atoms with E-state index in [2.05, 4.69) is 14.9 Å². The first-order valence-electron chi connectivity index (χ1n) is 5.53. The molecular formula is C11H13N3O2S. The summed E-state index contributed by atoms with van der Waals surface area (Å²) in [5, 5.41) is 12.4. The lowest BCUT2D eigenvalue weighted by molar-refractivity contribution is 0.0724. The molecule has 1 saturated heterocycles. The van der Waals surface area contributed by atoms with Crippen molar-refractivity contribution < 1.29 is 9.84 Å². The summed E-state index contributed by atoms with van der Waals surface area (Å²) in [5.41, 5.74) is 0. The summed E-state index contributed by atoms with van der Waals surface area (Å²) in [6.07, 6.45) is 1.58. The number of ether oxygens (including phenoxy) is 1. The molecule has 5 nitrogen and oxygen atoms in total. The first-order valence-corrected chi connectivity index (χ1v) is 6.41. The van der Waals surface area contributed by atoms with E-state index >= 15 is 0 Å². The van der Waals surface area contributed by atoms with Gasteiger partial charge in [-0.1, -0.05) is 0 Å². The quantitative estimate of drug-likeness (QED) is 0.859. The molecule has 2 aromatic rings. The third-order valence-corrected chi connectivity index (χ3v) is 3.77. The monoisotopic (exact) mass is 251 g/mol. The maximum Gasteiger partial charge on any atom is 0.141 e. The zero-order chi connectivity index (χ0) is 11.7. The fourth-order valence-corrected chi connectivity index (χ4v) is 2.82. The Morgan fingerprint density at radius 3 is 3.35 bits per heavy atom. The van der Waals surface area contributed by atoms with E-state index in [1.54, 1.807) is 17.7 Å². The van der Waals surface area contributed by atoms with Crippen molar-refractivity contribution in [3.63, 3.8) is 0 Å². The molecule has 0 spiro atoms. The number of morpholine rings is 1. The van der Waals surface area contributed by atoms with Crippen LogP contribution in [-0.2, 0) is 4.74 Å². The largest absolute Gasteiger partial charge is 0.394 e. The van der Waals surface area contributed by atoms with Crippen molar-refractivity contribution in [2.75, 3.05) is 31.3 Å². The molecule has 2 aromatic heterocycles. The van der Waals surface area contributed by atoms with E-state index < -0.39 is 0 Å². The summed E-state index contributed by atoms with van der Waals surface area (Å²) in [4.78, 5) is 11.7. The number of rotatable bonds is 2. The predicted octanol–water partition coefficient (Wildman–Crippen LogP) is 0.889. The maximum atomic E-state index is 9.38. The van der Waals surface area contributed by atoms with Crippen molar-refractivity contribution in [1.29, 1.82) is 0 Å². The van der Waals surface area contributed by atoms with Crippen LogP contribution in [0.15, 0.2) is 17.8 Å². The molecule has 17 heavy (non-hydrogen) atoms. The number of nitrogens with zero attached hydrogens (tertiary/aromatic N) is 3. The second kappa shape index (κ2) is 4.56. The highest BCUT2D eigenvalue weighted by atomic mass is 32.1. The highest BCUT2D eigenvalue weighted by Crippen LogP contribution is 2.28. The minimum atomic E-state index is -0.0123. The number of thiophene rings is 1. The molecule has 0 aliphatic carbocycles. The van der Waals surface area contributed by atoms with E-state index in [4.69, 9.17) is 4.74 Å². The van der Waals surface area contributed by atoms with E-state index in [-0.39, 0.29) is 12.6 Å². The zero-order valence-electron chi connectivity index (χ0n) is 9.24. The molecule has 1 N–H and O–H groups in total. The number of hydrogen-bond acceptors (Lipinski definition) is 6. The molecule has 3 rings (SSSR count). The molecule has 0 bridgehead atoms. The van der Waals surface area contributed by atoms with E-state index in [1.165, 1.54) is 0 Å². The summed E-state index contributed by atoms with van der Waals surface area (Å²) in [5.74, 6) is 0.901. The average molecular weight is 251 g/mol. The second-order valence-electron chi connectivity index (χ2n) is 3.94. The van der Waals surface area contributed by atoms with E-state index in [0.29, 0.717) is 13.2 Å². The van der Waals surface area contributed by atoms with Gasteiger partial charge in [-0.05, 0) is 11.4 Å². The van der Waals surface area contributed by atoms with Crippen LogP contribution in [0.2, 0.25) is 0 Å². The normalized spacial score (nSPS) is 21.0. The summed E-state index contributed by atoms with van der Waals surface area (Å²) >= 11 is 1.60. The molecule has 1 atom stereocenters. The number of fused-ring (bicyclic) bond motifs is 1. The smallest absolute Gasteiger partial charge is 0.141 e. The lowest BCUT2D eigenvalue weighted by Gasteiger charge is -2.35. The summed E-state index contributed by atoms with van der Waals surface area (Å²) in [6.45, 7) is 2.06. The first-order chi connectivity index (χ1) is 8.40. The topological polar surface area (TPSA) is 58.5 Å². The van der Waals surface area contributed by atoms with Crippen LogP contribution in [0.25, 0.3) is 10.2 Å². The lowest BCUT2D eigenvalue weighted by Crippen LogP contribution is -2.48. The Bertz CT molecular complexity index is 516. The molecule has 0 aromatic carbocycles. The Balaban J connectivity index is 2.04. The van der Waals surface area contributed by atoms with Gasteiger partial charge >= 0.3 is 0 Å². The third kappa shape index (κ3) is 1.88. The summed E-state index contributed by atoms with van der Waals surface area (Å²) < 4.78 is 5.38. The van der Waals surface area contributed by atoms with Crippen molar-refractivity contribution in [3.8, 4) is 0 Å². The molecule has 0 radical (unpaired) electrons. The van der Waals surface area contributed by atoms with Gasteiger partial charge in [0, 0.05) is 6.54 Å². The Morgan fingerprint density at radius 2 is 2.47 bits per heavy atom.